The van der Waals surface area contributed by atoms with E-state index in [1.165, 1.54) is 6.20 Å². The van der Waals surface area contributed by atoms with Crippen LogP contribution in [0.15, 0.2) is 17.3 Å². The topological polar surface area (TPSA) is 104 Å². The number of aliphatic hydroxyl groups excluding tert-OH is 1. The second-order valence-electron chi connectivity index (χ2n) is 8.51. The van der Waals surface area contributed by atoms with E-state index in [0.29, 0.717) is 36.0 Å². The fourth-order valence-corrected chi connectivity index (χ4v) is 7.20. The molecule has 3 aliphatic rings. The first-order valence-corrected chi connectivity index (χ1v) is 12.2. The standard InChI is InChI=1S/C20H28N6O3S/c1-3-25-13(2)19(11-22-25)30(28,29)26-14-6-7-18(26)16-10-21-20(23-17(16)9-14)24-8-4-5-15(27)12-24/h10-11,14-15,18,27H,3-9,12H2,1-2H3. The highest BCUT2D eigenvalue weighted by molar-refractivity contribution is 7.89. The van der Waals surface area contributed by atoms with E-state index in [4.69, 9.17) is 4.98 Å². The van der Waals surface area contributed by atoms with E-state index >= 15 is 0 Å². The number of rotatable bonds is 4. The molecule has 0 amide bonds. The first-order chi connectivity index (χ1) is 14.4. The van der Waals surface area contributed by atoms with Gasteiger partial charge in [-0.3, -0.25) is 4.68 Å². The smallest absolute Gasteiger partial charge is 0.247 e. The van der Waals surface area contributed by atoms with Crippen molar-refractivity contribution >= 4 is 16.0 Å². The Bertz CT molecular complexity index is 1070. The van der Waals surface area contributed by atoms with Crippen LogP contribution in [0.4, 0.5) is 5.95 Å². The lowest BCUT2D eigenvalue weighted by molar-refractivity contribution is 0.153. The fraction of sp³-hybridized carbons (Fsp3) is 0.650. The number of fused-ring (bicyclic) bond motifs is 4. The van der Waals surface area contributed by atoms with Crippen LogP contribution in [-0.4, -0.2) is 62.8 Å². The Labute approximate surface area is 176 Å². The zero-order chi connectivity index (χ0) is 21.0. The molecule has 9 nitrogen and oxygen atoms in total. The number of hydrogen-bond donors (Lipinski definition) is 1. The Balaban J connectivity index is 1.48. The molecule has 2 aromatic heterocycles. The van der Waals surface area contributed by atoms with Gasteiger partial charge in [-0.25, -0.2) is 18.4 Å². The Hall–Kier alpha value is -2.04. The molecule has 3 atom stereocenters. The van der Waals surface area contributed by atoms with Crippen LogP contribution in [0.3, 0.4) is 0 Å². The van der Waals surface area contributed by atoms with Crippen molar-refractivity contribution in [3.63, 3.8) is 0 Å². The summed E-state index contributed by atoms with van der Waals surface area (Å²) in [6.07, 6.45) is 6.86. The molecule has 3 unspecified atom stereocenters. The van der Waals surface area contributed by atoms with E-state index in [1.54, 1.807) is 15.2 Å². The molecule has 2 saturated heterocycles. The largest absolute Gasteiger partial charge is 0.391 e. The third kappa shape index (κ3) is 3.04. The molecule has 0 aliphatic carbocycles. The van der Waals surface area contributed by atoms with Gasteiger partial charge in [0.1, 0.15) is 4.90 Å². The number of hydrogen-bond acceptors (Lipinski definition) is 7. The molecule has 5 heterocycles. The van der Waals surface area contributed by atoms with E-state index < -0.39 is 10.0 Å². The maximum atomic E-state index is 13.6. The minimum Gasteiger partial charge on any atom is -0.391 e. The van der Waals surface area contributed by atoms with Gasteiger partial charge in [0, 0.05) is 43.9 Å². The monoisotopic (exact) mass is 432 g/mol. The molecule has 0 aromatic carbocycles. The van der Waals surface area contributed by atoms with Crippen LogP contribution in [-0.2, 0) is 23.0 Å². The van der Waals surface area contributed by atoms with Crippen LogP contribution in [0.1, 0.15) is 55.6 Å². The predicted octanol–water partition coefficient (Wildman–Crippen LogP) is 1.41. The van der Waals surface area contributed by atoms with Crippen molar-refractivity contribution in [2.75, 3.05) is 18.0 Å². The molecule has 0 spiro atoms. The number of anilines is 1. The minimum absolute atomic E-state index is 0.0911. The van der Waals surface area contributed by atoms with Crippen LogP contribution in [0.2, 0.25) is 0 Å². The lowest BCUT2D eigenvalue weighted by atomic mass is 10.0. The summed E-state index contributed by atoms with van der Waals surface area (Å²) in [5.41, 5.74) is 2.53. The van der Waals surface area contributed by atoms with Gasteiger partial charge in [-0.05, 0) is 39.5 Å². The highest BCUT2D eigenvalue weighted by atomic mass is 32.2. The number of aryl methyl sites for hydroxylation is 1. The summed E-state index contributed by atoms with van der Waals surface area (Å²) in [7, 11) is -3.65. The highest BCUT2D eigenvalue weighted by Crippen LogP contribution is 2.46. The summed E-state index contributed by atoms with van der Waals surface area (Å²) >= 11 is 0. The summed E-state index contributed by atoms with van der Waals surface area (Å²) in [5.74, 6) is 0.642. The SMILES string of the molecule is CCn1ncc(S(=O)(=O)N2C3CCC2c2cnc(N4CCCC(O)C4)nc2C3)c1C. The molecule has 2 fully saturated rings. The number of piperidine rings is 1. The van der Waals surface area contributed by atoms with Crippen molar-refractivity contribution in [2.45, 2.75) is 75.6 Å². The van der Waals surface area contributed by atoms with Crippen LogP contribution in [0, 0.1) is 6.92 Å². The second kappa shape index (κ2) is 7.28. The van der Waals surface area contributed by atoms with Crippen molar-refractivity contribution < 1.29 is 13.5 Å². The van der Waals surface area contributed by atoms with Crippen molar-refractivity contribution in [1.82, 2.24) is 24.1 Å². The van der Waals surface area contributed by atoms with Crippen LogP contribution in [0.5, 0.6) is 0 Å². The highest BCUT2D eigenvalue weighted by Gasteiger charge is 2.48. The van der Waals surface area contributed by atoms with E-state index in [1.807, 2.05) is 18.7 Å². The molecule has 0 radical (unpaired) electrons. The maximum Gasteiger partial charge on any atom is 0.247 e. The zero-order valence-corrected chi connectivity index (χ0v) is 18.2. The lowest BCUT2D eigenvalue weighted by Crippen LogP contribution is -2.43. The molecule has 5 rings (SSSR count). The van der Waals surface area contributed by atoms with Gasteiger partial charge in [0.25, 0.3) is 0 Å². The third-order valence-electron chi connectivity index (χ3n) is 6.71. The lowest BCUT2D eigenvalue weighted by Gasteiger charge is -2.35. The average molecular weight is 433 g/mol. The van der Waals surface area contributed by atoms with Crippen LogP contribution < -0.4 is 4.90 Å². The second-order valence-corrected chi connectivity index (χ2v) is 10.3. The van der Waals surface area contributed by atoms with Gasteiger partial charge in [0.15, 0.2) is 0 Å². The van der Waals surface area contributed by atoms with E-state index in [0.717, 1.165) is 43.5 Å². The third-order valence-corrected chi connectivity index (χ3v) is 8.77. The number of β-amino-alcohol motifs (C(OH)–C–C–N with tert-alkyl or cyclic N) is 1. The van der Waals surface area contributed by atoms with Crippen LogP contribution >= 0.6 is 0 Å². The van der Waals surface area contributed by atoms with Gasteiger partial charge in [-0.1, -0.05) is 0 Å². The van der Waals surface area contributed by atoms with Gasteiger partial charge in [-0.2, -0.15) is 9.40 Å². The number of nitrogens with zero attached hydrogens (tertiary/aromatic N) is 6. The number of aliphatic hydroxyl groups is 1. The van der Waals surface area contributed by atoms with Crippen molar-refractivity contribution in [1.29, 1.82) is 0 Å². The molecule has 0 saturated carbocycles. The molecule has 1 N–H and O–H groups in total. The van der Waals surface area contributed by atoms with Gasteiger partial charge >= 0.3 is 0 Å². The first-order valence-electron chi connectivity index (χ1n) is 10.7. The minimum atomic E-state index is -3.65. The molecular weight excluding hydrogens is 404 g/mol. The Morgan fingerprint density at radius 3 is 2.80 bits per heavy atom. The normalized spacial score (nSPS) is 26.8. The molecule has 2 bridgehead atoms. The Kier molecular flexibility index (Phi) is 4.83. The molecule has 30 heavy (non-hydrogen) atoms. The average Bonchev–Trinajstić information content (AvgIpc) is 3.27. The maximum absolute atomic E-state index is 13.6. The number of aromatic nitrogens is 4. The molecule has 2 aromatic rings. The van der Waals surface area contributed by atoms with Gasteiger partial charge in [0.05, 0.1) is 29.7 Å². The van der Waals surface area contributed by atoms with Crippen molar-refractivity contribution in [2.24, 2.45) is 0 Å². The summed E-state index contributed by atoms with van der Waals surface area (Å²) in [5, 5.41) is 14.2. The predicted molar refractivity (Wildman–Crippen MR) is 111 cm³/mol. The van der Waals surface area contributed by atoms with Gasteiger partial charge in [0.2, 0.25) is 16.0 Å². The van der Waals surface area contributed by atoms with E-state index in [-0.39, 0.29) is 18.2 Å². The summed E-state index contributed by atoms with van der Waals surface area (Å²) in [6, 6.07) is -0.319. The summed E-state index contributed by atoms with van der Waals surface area (Å²) < 4.78 is 30.5. The summed E-state index contributed by atoms with van der Waals surface area (Å²) in [6.45, 7) is 5.79. The zero-order valence-electron chi connectivity index (χ0n) is 17.4. The van der Waals surface area contributed by atoms with Gasteiger partial charge in [-0.15, -0.1) is 0 Å². The van der Waals surface area contributed by atoms with Gasteiger partial charge < -0.3 is 10.0 Å². The first kappa shape index (κ1) is 19.9. The quantitative estimate of drug-likeness (QED) is 0.779. The van der Waals surface area contributed by atoms with E-state index in [9.17, 15) is 13.5 Å². The fourth-order valence-electron chi connectivity index (χ4n) is 5.19. The van der Waals surface area contributed by atoms with E-state index in [2.05, 4.69) is 10.1 Å². The Morgan fingerprint density at radius 1 is 1.23 bits per heavy atom. The molecule has 10 heteroatoms. The van der Waals surface area contributed by atoms with Crippen molar-refractivity contribution in [3.05, 3.63) is 29.3 Å². The number of sulfonamides is 1. The molecule has 162 valence electrons. The molecular formula is C20H28N6O3S. The van der Waals surface area contributed by atoms with Crippen LogP contribution in [0.25, 0.3) is 0 Å². The molecule has 3 aliphatic heterocycles. The van der Waals surface area contributed by atoms with Crippen molar-refractivity contribution in [3.8, 4) is 0 Å². The Morgan fingerprint density at radius 2 is 2.07 bits per heavy atom. The summed E-state index contributed by atoms with van der Waals surface area (Å²) in [4.78, 5) is 11.7.